The number of aryl methyl sites for hydroxylation is 1. The standard InChI is InChI=1S/C11H12Cl2N4/c1-7-10(13)6-17(16-7)11-3-8(4-14-2)9(12)5-15-11/h3,5-6,14H,4H2,1-2H3. The van der Waals surface area contributed by atoms with Crippen LogP contribution in [0, 0.1) is 6.92 Å². The average Bonchev–Trinajstić information content (AvgIpc) is 2.63. The SMILES string of the molecule is CNCc1cc(-n2cc(Cl)c(C)n2)ncc1Cl. The number of aromatic nitrogens is 3. The summed E-state index contributed by atoms with van der Waals surface area (Å²) in [7, 11) is 1.87. The zero-order chi connectivity index (χ0) is 12.4. The average molecular weight is 271 g/mol. The Labute approximate surface area is 110 Å². The summed E-state index contributed by atoms with van der Waals surface area (Å²) in [4.78, 5) is 4.23. The van der Waals surface area contributed by atoms with Crippen LogP contribution in [0.15, 0.2) is 18.5 Å². The van der Waals surface area contributed by atoms with Gasteiger partial charge in [-0.1, -0.05) is 23.2 Å². The first-order chi connectivity index (χ1) is 8.11. The van der Waals surface area contributed by atoms with Crippen molar-refractivity contribution in [1.82, 2.24) is 20.1 Å². The topological polar surface area (TPSA) is 42.7 Å². The molecule has 0 spiro atoms. The third kappa shape index (κ3) is 2.60. The van der Waals surface area contributed by atoms with Crippen LogP contribution in [0.25, 0.3) is 5.82 Å². The molecule has 17 heavy (non-hydrogen) atoms. The summed E-state index contributed by atoms with van der Waals surface area (Å²) in [5, 5.41) is 8.58. The minimum Gasteiger partial charge on any atom is -0.316 e. The summed E-state index contributed by atoms with van der Waals surface area (Å²) in [5.74, 6) is 0.703. The number of nitrogens with one attached hydrogen (secondary N) is 1. The fourth-order valence-electron chi connectivity index (χ4n) is 1.48. The zero-order valence-electron chi connectivity index (χ0n) is 9.54. The molecule has 0 aliphatic rings. The van der Waals surface area contributed by atoms with Crippen molar-refractivity contribution in [3.05, 3.63) is 39.8 Å². The first kappa shape index (κ1) is 12.4. The molecular formula is C11H12Cl2N4. The largest absolute Gasteiger partial charge is 0.316 e. The molecule has 0 amide bonds. The van der Waals surface area contributed by atoms with E-state index in [-0.39, 0.29) is 0 Å². The maximum Gasteiger partial charge on any atom is 0.153 e. The fraction of sp³-hybridized carbons (Fsp3) is 0.273. The van der Waals surface area contributed by atoms with Gasteiger partial charge in [-0.05, 0) is 25.6 Å². The van der Waals surface area contributed by atoms with Gasteiger partial charge < -0.3 is 5.32 Å². The van der Waals surface area contributed by atoms with Crippen LogP contribution in [0.3, 0.4) is 0 Å². The van der Waals surface area contributed by atoms with Crippen molar-refractivity contribution in [2.75, 3.05) is 7.05 Å². The summed E-state index contributed by atoms with van der Waals surface area (Å²) in [6.45, 7) is 2.53. The van der Waals surface area contributed by atoms with E-state index in [2.05, 4.69) is 15.4 Å². The second kappa shape index (κ2) is 5.04. The molecule has 0 saturated heterocycles. The third-order valence-corrected chi connectivity index (χ3v) is 3.07. The van der Waals surface area contributed by atoms with Crippen LogP contribution in [0.1, 0.15) is 11.3 Å². The molecule has 0 fully saturated rings. The number of nitrogens with zero attached hydrogens (tertiary/aromatic N) is 3. The van der Waals surface area contributed by atoms with Crippen molar-refractivity contribution >= 4 is 23.2 Å². The van der Waals surface area contributed by atoms with E-state index in [1.807, 2.05) is 20.0 Å². The first-order valence-corrected chi connectivity index (χ1v) is 5.88. The normalized spacial score (nSPS) is 10.8. The molecule has 1 N–H and O–H groups in total. The van der Waals surface area contributed by atoms with E-state index >= 15 is 0 Å². The number of pyridine rings is 1. The molecule has 0 aliphatic heterocycles. The van der Waals surface area contributed by atoms with Crippen molar-refractivity contribution in [2.45, 2.75) is 13.5 Å². The van der Waals surface area contributed by atoms with E-state index in [1.54, 1.807) is 17.1 Å². The lowest BCUT2D eigenvalue weighted by Gasteiger charge is -2.06. The second-order valence-corrected chi connectivity index (χ2v) is 4.49. The van der Waals surface area contributed by atoms with Gasteiger partial charge in [0.15, 0.2) is 5.82 Å². The molecule has 0 atom stereocenters. The molecule has 2 aromatic rings. The van der Waals surface area contributed by atoms with Crippen LogP contribution >= 0.6 is 23.2 Å². The molecule has 0 aliphatic carbocycles. The quantitative estimate of drug-likeness (QED) is 0.933. The van der Waals surface area contributed by atoms with Gasteiger partial charge in [0.2, 0.25) is 0 Å². The van der Waals surface area contributed by atoms with Gasteiger partial charge in [-0.2, -0.15) is 5.10 Å². The molecule has 90 valence electrons. The Morgan fingerprint density at radius 3 is 2.71 bits per heavy atom. The van der Waals surface area contributed by atoms with Gasteiger partial charge in [-0.25, -0.2) is 9.67 Å². The number of rotatable bonds is 3. The highest BCUT2D eigenvalue weighted by Crippen LogP contribution is 2.19. The second-order valence-electron chi connectivity index (χ2n) is 3.67. The highest BCUT2D eigenvalue weighted by molar-refractivity contribution is 6.31. The van der Waals surface area contributed by atoms with E-state index in [1.165, 1.54) is 0 Å². The third-order valence-electron chi connectivity index (χ3n) is 2.36. The summed E-state index contributed by atoms with van der Waals surface area (Å²) >= 11 is 12.0. The van der Waals surface area contributed by atoms with E-state index in [4.69, 9.17) is 23.2 Å². The molecule has 2 heterocycles. The smallest absolute Gasteiger partial charge is 0.153 e. The predicted molar refractivity (Wildman–Crippen MR) is 68.9 cm³/mol. The van der Waals surface area contributed by atoms with Crippen molar-refractivity contribution in [1.29, 1.82) is 0 Å². The maximum atomic E-state index is 6.04. The highest BCUT2D eigenvalue weighted by Gasteiger charge is 2.07. The van der Waals surface area contributed by atoms with E-state index in [9.17, 15) is 0 Å². The maximum absolute atomic E-state index is 6.04. The Bertz CT molecular complexity index is 517. The molecule has 2 aromatic heterocycles. The van der Waals surface area contributed by atoms with E-state index < -0.39 is 0 Å². The number of hydrogen-bond donors (Lipinski definition) is 1. The van der Waals surface area contributed by atoms with Crippen LogP contribution in [0.4, 0.5) is 0 Å². The predicted octanol–water partition coefficient (Wildman–Crippen LogP) is 2.60. The fourth-order valence-corrected chi connectivity index (χ4v) is 1.78. The lowest BCUT2D eigenvalue weighted by molar-refractivity contribution is 0.797. The lowest BCUT2D eigenvalue weighted by Crippen LogP contribution is -2.07. The van der Waals surface area contributed by atoms with Crippen LogP contribution in [-0.2, 0) is 6.54 Å². The van der Waals surface area contributed by atoms with Gasteiger partial charge in [0.1, 0.15) is 0 Å². The monoisotopic (exact) mass is 270 g/mol. The summed E-state index contributed by atoms with van der Waals surface area (Å²) in [6, 6.07) is 1.89. The lowest BCUT2D eigenvalue weighted by atomic mass is 10.2. The van der Waals surface area contributed by atoms with Crippen LogP contribution < -0.4 is 5.32 Å². The minimum atomic E-state index is 0.622. The Morgan fingerprint density at radius 1 is 1.35 bits per heavy atom. The number of hydrogen-bond acceptors (Lipinski definition) is 3. The van der Waals surface area contributed by atoms with E-state index in [0.717, 1.165) is 11.3 Å². The van der Waals surface area contributed by atoms with Gasteiger partial charge >= 0.3 is 0 Å². The summed E-state index contributed by atoms with van der Waals surface area (Å²) in [6.07, 6.45) is 3.35. The Kier molecular flexibility index (Phi) is 3.66. The number of halogens is 2. The Morgan fingerprint density at radius 2 is 2.12 bits per heavy atom. The molecule has 0 aromatic carbocycles. The molecule has 0 radical (unpaired) electrons. The van der Waals surface area contributed by atoms with Gasteiger partial charge in [-0.15, -0.1) is 0 Å². The summed E-state index contributed by atoms with van der Waals surface area (Å²) < 4.78 is 1.65. The highest BCUT2D eigenvalue weighted by atomic mass is 35.5. The summed E-state index contributed by atoms with van der Waals surface area (Å²) in [5.41, 5.74) is 1.75. The minimum absolute atomic E-state index is 0.622. The van der Waals surface area contributed by atoms with Crippen molar-refractivity contribution in [2.24, 2.45) is 0 Å². The van der Waals surface area contributed by atoms with Gasteiger partial charge in [0.25, 0.3) is 0 Å². The van der Waals surface area contributed by atoms with Gasteiger partial charge in [0, 0.05) is 12.7 Å². The van der Waals surface area contributed by atoms with Crippen LogP contribution in [0.2, 0.25) is 10.0 Å². The molecular weight excluding hydrogens is 259 g/mol. The Balaban J connectivity index is 2.42. The molecule has 0 bridgehead atoms. The van der Waals surface area contributed by atoms with Crippen LogP contribution in [0.5, 0.6) is 0 Å². The molecule has 6 heteroatoms. The molecule has 0 unspecified atom stereocenters. The zero-order valence-corrected chi connectivity index (χ0v) is 11.0. The van der Waals surface area contributed by atoms with E-state index in [0.29, 0.717) is 22.4 Å². The van der Waals surface area contributed by atoms with Crippen LogP contribution in [-0.4, -0.2) is 21.8 Å². The molecule has 4 nitrogen and oxygen atoms in total. The first-order valence-electron chi connectivity index (χ1n) is 5.13. The van der Waals surface area contributed by atoms with Crippen molar-refractivity contribution in [3.63, 3.8) is 0 Å². The van der Waals surface area contributed by atoms with Crippen molar-refractivity contribution < 1.29 is 0 Å². The Hall–Kier alpha value is -1.10. The van der Waals surface area contributed by atoms with Gasteiger partial charge in [0.05, 0.1) is 21.9 Å². The molecule has 2 rings (SSSR count). The molecule has 0 saturated carbocycles. The van der Waals surface area contributed by atoms with Gasteiger partial charge in [-0.3, -0.25) is 0 Å². The van der Waals surface area contributed by atoms with Crippen molar-refractivity contribution in [3.8, 4) is 5.82 Å².